The highest BCUT2D eigenvalue weighted by atomic mass is 32.2. The van der Waals surface area contributed by atoms with Gasteiger partial charge in [-0.25, -0.2) is 8.42 Å². The van der Waals surface area contributed by atoms with Gasteiger partial charge in [0.1, 0.15) is 9.84 Å². The molecule has 3 nitrogen and oxygen atoms in total. The first kappa shape index (κ1) is 14.0. The van der Waals surface area contributed by atoms with E-state index >= 15 is 0 Å². The Morgan fingerprint density at radius 1 is 1.19 bits per heavy atom. The van der Waals surface area contributed by atoms with Gasteiger partial charge in [-0.05, 0) is 44.6 Å². The van der Waals surface area contributed by atoms with Crippen molar-refractivity contribution in [3.8, 4) is 0 Å². The Morgan fingerprint density at radius 3 is 2.31 bits per heavy atom. The Labute approximate surface area is 99.9 Å². The molecule has 1 aliphatic rings. The highest BCUT2D eigenvalue weighted by molar-refractivity contribution is 7.90. The van der Waals surface area contributed by atoms with Crippen LogP contribution in [0.2, 0.25) is 0 Å². The molecule has 0 heterocycles. The molecule has 1 N–H and O–H groups in total. The second kappa shape index (κ2) is 6.60. The maximum atomic E-state index is 10.9. The van der Waals surface area contributed by atoms with Crippen molar-refractivity contribution in [3.05, 3.63) is 0 Å². The summed E-state index contributed by atoms with van der Waals surface area (Å²) in [5.41, 5.74) is 0. The van der Waals surface area contributed by atoms with Gasteiger partial charge in [-0.15, -0.1) is 0 Å². The molecule has 1 saturated carbocycles. The Balaban J connectivity index is 2.07. The molecule has 0 bridgehead atoms. The average Bonchev–Trinajstić information content (AvgIpc) is 2.24. The highest BCUT2D eigenvalue weighted by Gasteiger charge is 2.19. The van der Waals surface area contributed by atoms with Crippen LogP contribution in [0.5, 0.6) is 0 Å². The van der Waals surface area contributed by atoms with Gasteiger partial charge in [-0.2, -0.15) is 0 Å². The van der Waals surface area contributed by atoms with Crippen molar-refractivity contribution in [1.82, 2.24) is 5.32 Å². The van der Waals surface area contributed by atoms with Gasteiger partial charge in [0.05, 0.1) is 5.75 Å². The maximum Gasteiger partial charge on any atom is 0.147 e. The van der Waals surface area contributed by atoms with Gasteiger partial charge in [0.25, 0.3) is 0 Å². The number of nitrogens with one attached hydrogen (secondary N) is 1. The summed E-state index contributed by atoms with van der Waals surface area (Å²) in [4.78, 5) is 0. The van der Waals surface area contributed by atoms with Gasteiger partial charge in [0.2, 0.25) is 0 Å². The first-order valence-electron chi connectivity index (χ1n) is 6.42. The van der Waals surface area contributed by atoms with E-state index in [9.17, 15) is 8.42 Å². The van der Waals surface area contributed by atoms with Crippen LogP contribution < -0.4 is 5.32 Å². The Bertz CT molecular complexity index is 279. The summed E-state index contributed by atoms with van der Waals surface area (Å²) < 4.78 is 21.9. The van der Waals surface area contributed by atoms with Gasteiger partial charge in [-0.3, -0.25) is 0 Å². The zero-order chi connectivity index (χ0) is 12.0. The van der Waals surface area contributed by atoms with Crippen LogP contribution in [0.15, 0.2) is 0 Å². The van der Waals surface area contributed by atoms with Crippen LogP contribution in [-0.4, -0.2) is 33.0 Å². The van der Waals surface area contributed by atoms with Gasteiger partial charge < -0.3 is 5.32 Å². The maximum absolute atomic E-state index is 10.9. The summed E-state index contributed by atoms with van der Waals surface area (Å²) in [6.07, 6.45) is 8.54. The molecule has 0 saturated heterocycles. The third-order valence-electron chi connectivity index (χ3n) is 3.55. The lowest BCUT2D eigenvalue weighted by Crippen LogP contribution is -2.34. The molecular weight excluding hydrogens is 222 g/mol. The fourth-order valence-corrected chi connectivity index (χ4v) is 3.08. The van der Waals surface area contributed by atoms with E-state index < -0.39 is 9.84 Å². The summed E-state index contributed by atoms with van der Waals surface area (Å²) in [6, 6.07) is 0.627. The molecular formula is C12H25NO2S. The van der Waals surface area contributed by atoms with E-state index in [0.29, 0.717) is 11.8 Å². The average molecular weight is 247 g/mol. The van der Waals surface area contributed by atoms with E-state index in [2.05, 4.69) is 12.2 Å². The largest absolute Gasteiger partial charge is 0.314 e. The smallest absolute Gasteiger partial charge is 0.147 e. The van der Waals surface area contributed by atoms with Crippen LogP contribution in [0.1, 0.15) is 45.4 Å². The summed E-state index contributed by atoms with van der Waals surface area (Å²) in [5, 5.41) is 3.47. The Hall–Kier alpha value is -0.0900. The molecule has 16 heavy (non-hydrogen) atoms. The molecule has 0 radical (unpaired) electrons. The van der Waals surface area contributed by atoms with Crippen molar-refractivity contribution in [2.24, 2.45) is 5.92 Å². The van der Waals surface area contributed by atoms with Crippen molar-refractivity contribution in [2.75, 3.05) is 18.6 Å². The van der Waals surface area contributed by atoms with Gasteiger partial charge in [0, 0.05) is 12.3 Å². The van der Waals surface area contributed by atoms with Gasteiger partial charge in [0.15, 0.2) is 0 Å². The van der Waals surface area contributed by atoms with Crippen LogP contribution in [0, 0.1) is 5.92 Å². The Kier molecular flexibility index (Phi) is 5.76. The molecule has 0 aromatic carbocycles. The van der Waals surface area contributed by atoms with Crippen LogP contribution >= 0.6 is 0 Å². The van der Waals surface area contributed by atoms with Gasteiger partial charge >= 0.3 is 0 Å². The minimum absolute atomic E-state index is 0.310. The number of sulfone groups is 1. The standard InChI is InChI=1S/C12H25NO2S/c1-3-11-5-7-12(8-6-11)13-9-4-10-16(2,14)15/h11-13H,3-10H2,1-2H3. The third-order valence-corrected chi connectivity index (χ3v) is 4.58. The van der Waals surface area contributed by atoms with Gasteiger partial charge in [-0.1, -0.05) is 13.3 Å². The minimum Gasteiger partial charge on any atom is -0.314 e. The summed E-state index contributed by atoms with van der Waals surface area (Å²) in [7, 11) is -2.78. The molecule has 0 aromatic rings. The van der Waals surface area contributed by atoms with E-state index in [1.807, 2.05) is 0 Å². The van der Waals surface area contributed by atoms with Crippen molar-refractivity contribution in [2.45, 2.75) is 51.5 Å². The minimum atomic E-state index is -2.78. The van der Waals surface area contributed by atoms with Crippen LogP contribution in [0.3, 0.4) is 0 Å². The second-order valence-electron chi connectivity index (χ2n) is 5.06. The SMILES string of the molecule is CCC1CCC(NCCCS(C)(=O)=O)CC1. The molecule has 0 spiro atoms. The molecule has 0 amide bonds. The van der Waals surface area contributed by atoms with Crippen molar-refractivity contribution >= 4 is 9.84 Å². The molecule has 0 aliphatic heterocycles. The molecule has 0 atom stereocenters. The topological polar surface area (TPSA) is 46.2 Å². The van der Waals surface area contributed by atoms with E-state index in [1.165, 1.54) is 38.4 Å². The number of hydrogen-bond donors (Lipinski definition) is 1. The molecule has 1 aliphatic carbocycles. The molecule has 0 aromatic heterocycles. The molecule has 1 rings (SSSR count). The lowest BCUT2D eigenvalue weighted by Gasteiger charge is -2.28. The normalized spacial score (nSPS) is 26.9. The summed E-state index contributed by atoms with van der Waals surface area (Å²) in [5.74, 6) is 1.23. The van der Waals surface area contributed by atoms with E-state index in [1.54, 1.807) is 0 Å². The highest BCUT2D eigenvalue weighted by Crippen LogP contribution is 2.26. The fourth-order valence-electron chi connectivity index (χ4n) is 2.42. The monoisotopic (exact) mass is 247 g/mol. The molecule has 4 heteroatoms. The zero-order valence-corrected chi connectivity index (χ0v) is 11.4. The number of rotatable bonds is 6. The fraction of sp³-hybridized carbons (Fsp3) is 1.00. The quantitative estimate of drug-likeness (QED) is 0.730. The van der Waals surface area contributed by atoms with E-state index in [-0.39, 0.29) is 0 Å². The predicted molar refractivity (Wildman–Crippen MR) is 68.4 cm³/mol. The predicted octanol–water partition coefficient (Wildman–Crippen LogP) is 1.98. The molecule has 96 valence electrons. The summed E-state index contributed by atoms with van der Waals surface area (Å²) >= 11 is 0. The zero-order valence-electron chi connectivity index (χ0n) is 10.5. The summed E-state index contributed by atoms with van der Waals surface area (Å²) in [6.45, 7) is 3.11. The van der Waals surface area contributed by atoms with Crippen molar-refractivity contribution < 1.29 is 8.42 Å². The van der Waals surface area contributed by atoms with E-state index in [4.69, 9.17) is 0 Å². The Morgan fingerprint density at radius 2 is 1.81 bits per heavy atom. The lowest BCUT2D eigenvalue weighted by molar-refractivity contribution is 0.287. The first-order chi connectivity index (χ1) is 7.51. The van der Waals surface area contributed by atoms with Crippen molar-refractivity contribution in [1.29, 1.82) is 0 Å². The third kappa shape index (κ3) is 5.85. The first-order valence-corrected chi connectivity index (χ1v) is 8.48. The van der Waals surface area contributed by atoms with Crippen molar-refractivity contribution in [3.63, 3.8) is 0 Å². The number of hydrogen-bond acceptors (Lipinski definition) is 3. The molecule has 0 unspecified atom stereocenters. The molecule has 1 fully saturated rings. The second-order valence-corrected chi connectivity index (χ2v) is 7.32. The van der Waals surface area contributed by atoms with Crippen LogP contribution in [-0.2, 0) is 9.84 Å². The van der Waals surface area contributed by atoms with Crippen LogP contribution in [0.25, 0.3) is 0 Å². The lowest BCUT2D eigenvalue weighted by atomic mass is 9.84. The van der Waals surface area contributed by atoms with E-state index in [0.717, 1.165) is 18.9 Å². The van der Waals surface area contributed by atoms with Crippen LogP contribution in [0.4, 0.5) is 0 Å².